The van der Waals surface area contributed by atoms with Gasteiger partial charge in [-0.15, -0.1) is 0 Å². The van der Waals surface area contributed by atoms with Gasteiger partial charge in [-0.1, -0.05) is 22.5 Å². The fourth-order valence-electron chi connectivity index (χ4n) is 1.82. The molecule has 1 rings (SSSR count). The molecule has 0 saturated carbocycles. The molecule has 0 aromatic heterocycles. The first kappa shape index (κ1) is 12.7. The highest BCUT2D eigenvalue weighted by molar-refractivity contribution is 9.11. The fraction of sp³-hybridized carbons (Fsp3) is 0.727. The van der Waals surface area contributed by atoms with Crippen LogP contribution in [-0.4, -0.2) is 25.5 Å². The molecule has 1 heterocycles. The Hall–Kier alpha value is -0.350. The molecular formula is C11H19BrN2O. The molecule has 15 heavy (non-hydrogen) atoms. The summed E-state index contributed by atoms with van der Waals surface area (Å²) in [5, 5.41) is 6.19. The van der Waals surface area contributed by atoms with Crippen molar-refractivity contribution in [3.8, 4) is 0 Å². The van der Waals surface area contributed by atoms with Crippen LogP contribution in [0.1, 0.15) is 25.7 Å². The molecule has 3 nitrogen and oxygen atoms in total. The Balaban J connectivity index is 2.20. The molecule has 1 aliphatic heterocycles. The molecule has 1 fully saturated rings. The summed E-state index contributed by atoms with van der Waals surface area (Å²) in [7, 11) is 0. The molecule has 1 amide bonds. The molecule has 2 N–H and O–H groups in total. The van der Waals surface area contributed by atoms with Gasteiger partial charge in [0.1, 0.15) is 0 Å². The normalized spacial score (nSPS) is 21.8. The molecule has 0 aliphatic carbocycles. The number of carbonyl (C=O) groups excluding carboxylic acids is 1. The van der Waals surface area contributed by atoms with Crippen LogP contribution in [0, 0.1) is 5.92 Å². The molecule has 0 bridgehead atoms. The first-order valence-corrected chi connectivity index (χ1v) is 6.28. The quantitative estimate of drug-likeness (QED) is 0.821. The summed E-state index contributed by atoms with van der Waals surface area (Å²) in [6, 6.07) is 0. The number of halogens is 1. The zero-order chi connectivity index (χ0) is 11.1. The van der Waals surface area contributed by atoms with Crippen LogP contribution < -0.4 is 10.6 Å². The maximum absolute atomic E-state index is 11.5. The van der Waals surface area contributed by atoms with E-state index in [1.165, 1.54) is 6.42 Å². The molecular weight excluding hydrogens is 256 g/mol. The van der Waals surface area contributed by atoms with Crippen molar-refractivity contribution in [2.24, 2.45) is 5.92 Å². The Labute approximate surface area is 99.8 Å². The standard InChI is InChI=1S/C11H19BrN2O/c1-9(12)8-14-11(15)7-10-3-2-5-13-6-4-10/h10,13H,1-8H2,(H,14,15). The summed E-state index contributed by atoms with van der Waals surface area (Å²) in [4.78, 5) is 11.5. The van der Waals surface area contributed by atoms with Crippen LogP contribution in [0.2, 0.25) is 0 Å². The number of hydrogen-bond acceptors (Lipinski definition) is 2. The summed E-state index contributed by atoms with van der Waals surface area (Å²) in [5.41, 5.74) is 0. The van der Waals surface area contributed by atoms with E-state index in [-0.39, 0.29) is 5.91 Å². The van der Waals surface area contributed by atoms with Crippen molar-refractivity contribution in [2.75, 3.05) is 19.6 Å². The van der Waals surface area contributed by atoms with Crippen LogP contribution in [0.3, 0.4) is 0 Å². The van der Waals surface area contributed by atoms with Crippen LogP contribution in [0.4, 0.5) is 0 Å². The van der Waals surface area contributed by atoms with Crippen molar-refractivity contribution in [2.45, 2.75) is 25.7 Å². The van der Waals surface area contributed by atoms with E-state index in [1.807, 2.05) is 0 Å². The average molecular weight is 275 g/mol. The minimum atomic E-state index is 0.141. The lowest BCUT2D eigenvalue weighted by Gasteiger charge is -2.12. The van der Waals surface area contributed by atoms with E-state index in [0.29, 0.717) is 18.9 Å². The van der Waals surface area contributed by atoms with Crippen molar-refractivity contribution in [3.05, 3.63) is 11.1 Å². The number of nitrogens with one attached hydrogen (secondary N) is 2. The van der Waals surface area contributed by atoms with Gasteiger partial charge in [0, 0.05) is 17.4 Å². The first-order chi connectivity index (χ1) is 7.18. The van der Waals surface area contributed by atoms with E-state index in [4.69, 9.17) is 0 Å². The highest BCUT2D eigenvalue weighted by atomic mass is 79.9. The maximum Gasteiger partial charge on any atom is 0.220 e. The zero-order valence-corrected chi connectivity index (χ0v) is 10.6. The van der Waals surface area contributed by atoms with E-state index < -0.39 is 0 Å². The van der Waals surface area contributed by atoms with Gasteiger partial charge in [0.05, 0.1) is 0 Å². The van der Waals surface area contributed by atoms with Gasteiger partial charge in [-0.25, -0.2) is 0 Å². The summed E-state index contributed by atoms with van der Waals surface area (Å²) in [5.74, 6) is 0.686. The molecule has 1 saturated heterocycles. The topological polar surface area (TPSA) is 41.1 Å². The lowest BCUT2D eigenvalue weighted by Crippen LogP contribution is -2.26. The van der Waals surface area contributed by atoms with E-state index >= 15 is 0 Å². The summed E-state index contributed by atoms with van der Waals surface area (Å²) in [6.07, 6.45) is 4.11. The highest BCUT2D eigenvalue weighted by Gasteiger charge is 2.15. The third kappa shape index (κ3) is 5.95. The Morgan fingerprint density at radius 2 is 2.27 bits per heavy atom. The molecule has 4 heteroatoms. The SMILES string of the molecule is C=C(Br)CNC(=O)CC1CCCNCC1. The van der Waals surface area contributed by atoms with E-state index in [9.17, 15) is 4.79 Å². The molecule has 0 aromatic carbocycles. The minimum absolute atomic E-state index is 0.141. The van der Waals surface area contributed by atoms with Crippen LogP contribution >= 0.6 is 15.9 Å². The molecule has 1 unspecified atom stereocenters. The zero-order valence-electron chi connectivity index (χ0n) is 9.02. The summed E-state index contributed by atoms with van der Waals surface area (Å²) >= 11 is 3.22. The smallest absolute Gasteiger partial charge is 0.220 e. The van der Waals surface area contributed by atoms with Crippen LogP contribution in [0.5, 0.6) is 0 Å². The Kier molecular flexibility index (Phi) is 5.95. The van der Waals surface area contributed by atoms with Gasteiger partial charge in [-0.2, -0.15) is 0 Å². The lowest BCUT2D eigenvalue weighted by atomic mass is 9.97. The molecule has 1 aliphatic rings. The second kappa shape index (κ2) is 7.01. The summed E-state index contributed by atoms with van der Waals surface area (Å²) < 4.78 is 0.818. The van der Waals surface area contributed by atoms with Gasteiger partial charge >= 0.3 is 0 Å². The fourth-order valence-corrected chi connectivity index (χ4v) is 1.96. The van der Waals surface area contributed by atoms with Crippen LogP contribution in [0.15, 0.2) is 11.1 Å². The Bertz CT molecular complexity index is 223. The molecule has 86 valence electrons. The van der Waals surface area contributed by atoms with Crippen molar-refractivity contribution >= 4 is 21.8 Å². The van der Waals surface area contributed by atoms with Crippen molar-refractivity contribution in [1.29, 1.82) is 0 Å². The number of amides is 1. The second-order valence-corrected chi connectivity index (χ2v) is 5.17. The largest absolute Gasteiger partial charge is 0.352 e. The molecule has 0 radical (unpaired) electrons. The van der Waals surface area contributed by atoms with Crippen molar-refractivity contribution in [1.82, 2.24) is 10.6 Å². The van der Waals surface area contributed by atoms with Crippen LogP contribution in [-0.2, 0) is 4.79 Å². The predicted molar refractivity (Wildman–Crippen MR) is 65.9 cm³/mol. The minimum Gasteiger partial charge on any atom is -0.352 e. The van der Waals surface area contributed by atoms with E-state index in [2.05, 4.69) is 33.1 Å². The van der Waals surface area contributed by atoms with Crippen molar-refractivity contribution < 1.29 is 4.79 Å². The van der Waals surface area contributed by atoms with Crippen LogP contribution in [0.25, 0.3) is 0 Å². The van der Waals surface area contributed by atoms with Gasteiger partial charge in [0.25, 0.3) is 0 Å². The van der Waals surface area contributed by atoms with E-state index in [1.54, 1.807) is 0 Å². The third-order valence-corrected chi connectivity index (χ3v) is 2.93. The molecule has 0 aromatic rings. The van der Waals surface area contributed by atoms with Gasteiger partial charge in [-0.05, 0) is 38.3 Å². The Morgan fingerprint density at radius 1 is 1.47 bits per heavy atom. The third-order valence-electron chi connectivity index (χ3n) is 2.65. The number of hydrogen-bond donors (Lipinski definition) is 2. The average Bonchev–Trinajstić information content (AvgIpc) is 2.43. The van der Waals surface area contributed by atoms with Gasteiger partial charge in [-0.3, -0.25) is 4.79 Å². The predicted octanol–water partition coefficient (Wildman–Crippen LogP) is 1.79. The lowest BCUT2D eigenvalue weighted by molar-refractivity contribution is -0.121. The Morgan fingerprint density at radius 3 is 3.00 bits per heavy atom. The maximum atomic E-state index is 11.5. The van der Waals surface area contributed by atoms with Gasteiger partial charge in [0.2, 0.25) is 5.91 Å². The van der Waals surface area contributed by atoms with Crippen molar-refractivity contribution in [3.63, 3.8) is 0 Å². The van der Waals surface area contributed by atoms with Gasteiger partial charge < -0.3 is 10.6 Å². The molecule has 1 atom stereocenters. The second-order valence-electron chi connectivity index (χ2n) is 4.05. The van der Waals surface area contributed by atoms with E-state index in [0.717, 1.165) is 30.4 Å². The summed E-state index contributed by atoms with van der Waals surface area (Å²) in [6.45, 7) is 6.35. The molecule has 0 spiro atoms. The van der Waals surface area contributed by atoms with Gasteiger partial charge in [0.15, 0.2) is 0 Å². The monoisotopic (exact) mass is 274 g/mol. The first-order valence-electron chi connectivity index (χ1n) is 5.49. The number of rotatable bonds is 4. The number of carbonyl (C=O) groups is 1. The highest BCUT2D eigenvalue weighted by Crippen LogP contribution is 2.17.